The minimum atomic E-state index is -0.999. The van der Waals surface area contributed by atoms with Crippen LogP contribution in [0.4, 0.5) is 15.6 Å². The topological polar surface area (TPSA) is 230 Å². The van der Waals surface area contributed by atoms with E-state index in [4.69, 9.17) is 4.74 Å². The Balaban J connectivity index is 0.845. The van der Waals surface area contributed by atoms with Gasteiger partial charge in [-0.1, -0.05) is 44.6 Å². The number of nitrogens with zero attached hydrogens (tertiary/aromatic N) is 4. The monoisotopic (exact) mass is 957 g/mol. The van der Waals surface area contributed by atoms with Gasteiger partial charge in [0.1, 0.15) is 12.1 Å². The number of carbonyl (C=O) groups is 8. The molecule has 6 rings (SSSR count). The first kappa shape index (κ1) is 51.3. The van der Waals surface area contributed by atoms with Crippen molar-refractivity contribution in [1.29, 1.82) is 0 Å². The Morgan fingerprint density at radius 2 is 1.65 bits per heavy atom. The van der Waals surface area contributed by atoms with Crippen molar-refractivity contribution < 1.29 is 43.1 Å². The number of methoxy groups -OCH3 is 1. The molecular formula is C49H67N9O9S. The number of benzene rings is 1. The molecular weight excluding hydrogens is 891 g/mol. The molecule has 0 radical (unpaired) electrons. The van der Waals surface area contributed by atoms with Crippen molar-refractivity contribution in [2.45, 2.75) is 147 Å². The second-order valence-corrected chi connectivity index (χ2v) is 19.7. The fraction of sp³-hybridized carbons (Fsp3) is 0.571. The molecule has 0 saturated carbocycles. The van der Waals surface area contributed by atoms with Crippen LogP contribution in [0, 0.1) is 0 Å². The van der Waals surface area contributed by atoms with Crippen LogP contribution in [-0.2, 0) is 29.5 Å². The smallest absolute Gasteiger partial charge is 0.409 e. The molecule has 3 atom stereocenters. The maximum absolute atomic E-state index is 13.7. The number of thiazole rings is 1. The second kappa shape index (κ2) is 24.3. The summed E-state index contributed by atoms with van der Waals surface area (Å²) in [7, 11) is 1.37. The molecule has 19 heteroatoms. The van der Waals surface area contributed by atoms with Gasteiger partial charge in [0.25, 0.3) is 17.7 Å². The van der Waals surface area contributed by atoms with Gasteiger partial charge in [-0.25, -0.2) is 9.78 Å². The lowest BCUT2D eigenvalue weighted by molar-refractivity contribution is -0.136. The average molecular weight is 958 g/mol. The predicted octanol–water partition coefficient (Wildman–Crippen LogP) is 6.69. The maximum atomic E-state index is 13.7. The van der Waals surface area contributed by atoms with Crippen LogP contribution in [0.5, 0.6) is 0 Å². The van der Waals surface area contributed by atoms with Crippen LogP contribution in [-0.4, -0.2) is 112 Å². The molecule has 1 aromatic carbocycles. The van der Waals surface area contributed by atoms with Gasteiger partial charge in [-0.3, -0.25) is 43.8 Å². The molecule has 0 spiro atoms. The molecule has 3 aliphatic rings. The largest absolute Gasteiger partial charge is 0.453 e. The van der Waals surface area contributed by atoms with E-state index in [-0.39, 0.29) is 59.2 Å². The van der Waals surface area contributed by atoms with Crippen molar-refractivity contribution in [2.24, 2.45) is 0 Å². The molecule has 5 heterocycles. The molecule has 8 amide bonds. The van der Waals surface area contributed by atoms with E-state index in [0.29, 0.717) is 68.2 Å². The number of piperidine rings is 2. The lowest BCUT2D eigenvalue weighted by atomic mass is 9.96. The number of nitrogens with one attached hydrogen (secondary N) is 5. The van der Waals surface area contributed by atoms with Gasteiger partial charge >= 0.3 is 6.09 Å². The fourth-order valence-corrected chi connectivity index (χ4v) is 9.64. The van der Waals surface area contributed by atoms with Crippen LogP contribution in [0.3, 0.4) is 0 Å². The normalized spacial score (nSPS) is 17.6. The molecule has 368 valence electrons. The van der Waals surface area contributed by atoms with Crippen LogP contribution in [0.15, 0.2) is 42.0 Å². The van der Waals surface area contributed by atoms with Crippen molar-refractivity contribution in [2.75, 3.05) is 43.9 Å². The Bertz CT molecular complexity index is 2300. The fourth-order valence-electron chi connectivity index (χ4n) is 8.84. The zero-order valence-electron chi connectivity index (χ0n) is 39.8. The highest BCUT2D eigenvalue weighted by Crippen LogP contribution is 2.33. The lowest BCUT2D eigenvalue weighted by Gasteiger charge is -2.30. The third-order valence-electron chi connectivity index (χ3n) is 12.7. The Hall–Kier alpha value is -6.11. The standard InChI is InChI=1S/C49H67N9O9S/c1-49(2,3)57-28-24-33(30-57)42(61)52-36(43(62)55-47-53-37(31-68-47)32-17-16-27-56(29-32)48(66)67-4)19-12-14-26-51-39(59)21-11-9-7-5-6-8-10-13-25-50-35-20-15-18-34-41(35)46(65)58(45(34)64)38-22-23-40(60)54-44(38)63/h15,18,20,24,28,30-32,36,38,50H,5-14,16-17,19,21-23,25-27,29H2,1-4H3,(H,51,59)(H,52,61)(H,53,55,62)(H,54,60,63). The van der Waals surface area contributed by atoms with Crippen LogP contribution in [0.25, 0.3) is 0 Å². The first-order valence-corrected chi connectivity index (χ1v) is 25.0. The molecule has 3 aromatic rings. The number of aromatic nitrogens is 2. The van der Waals surface area contributed by atoms with E-state index in [0.717, 1.165) is 74.8 Å². The zero-order chi connectivity index (χ0) is 48.8. The highest BCUT2D eigenvalue weighted by atomic mass is 32.1. The average Bonchev–Trinajstić information content (AvgIpc) is 4.07. The maximum Gasteiger partial charge on any atom is 0.409 e. The van der Waals surface area contributed by atoms with Crippen molar-refractivity contribution in [1.82, 2.24) is 35.3 Å². The molecule has 3 unspecified atom stereocenters. The van der Waals surface area contributed by atoms with Gasteiger partial charge in [-0.15, -0.1) is 11.3 Å². The number of fused-ring (bicyclic) bond motifs is 1. The van der Waals surface area contributed by atoms with Crippen molar-refractivity contribution in [3.05, 3.63) is 64.4 Å². The van der Waals surface area contributed by atoms with Gasteiger partial charge in [-0.2, -0.15) is 0 Å². The number of rotatable bonds is 23. The van der Waals surface area contributed by atoms with E-state index in [1.165, 1.54) is 18.4 Å². The molecule has 5 N–H and O–H groups in total. The van der Waals surface area contributed by atoms with Gasteiger partial charge < -0.3 is 35.5 Å². The minimum Gasteiger partial charge on any atom is -0.453 e. The van der Waals surface area contributed by atoms with Crippen LogP contribution >= 0.6 is 11.3 Å². The summed E-state index contributed by atoms with van der Waals surface area (Å²) in [5, 5.41) is 16.7. The quantitative estimate of drug-likeness (QED) is 0.0497. The number of amides is 8. The van der Waals surface area contributed by atoms with E-state index in [2.05, 4.69) is 31.6 Å². The van der Waals surface area contributed by atoms with Crippen molar-refractivity contribution in [3.8, 4) is 0 Å². The summed E-state index contributed by atoms with van der Waals surface area (Å²) in [5.74, 6) is -2.79. The number of ether oxygens (including phenoxy) is 1. The highest BCUT2D eigenvalue weighted by Gasteiger charge is 2.45. The summed E-state index contributed by atoms with van der Waals surface area (Å²) in [4.78, 5) is 110. The van der Waals surface area contributed by atoms with E-state index >= 15 is 0 Å². The van der Waals surface area contributed by atoms with Crippen LogP contribution in [0.2, 0.25) is 0 Å². The van der Waals surface area contributed by atoms with Gasteiger partial charge in [0, 0.05) is 73.9 Å². The molecule has 2 aromatic heterocycles. The molecule has 0 bridgehead atoms. The number of unbranched alkanes of at least 4 members (excludes halogenated alkanes) is 8. The van der Waals surface area contributed by atoms with Crippen molar-refractivity contribution in [3.63, 3.8) is 0 Å². The van der Waals surface area contributed by atoms with Gasteiger partial charge in [0.15, 0.2) is 5.13 Å². The van der Waals surface area contributed by atoms with E-state index in [1.807, 2.05) is 36.9 Å². The summed E-state index contributed by atoms with van der Waals surface area (Å²) in [6.45, 7) is 8.33. The van der Waals surface area contributed by atoms with Gasteiger partial charge in [0.2, 0.25) is 23.6 Å². The number of carbonyl (C=O) groups excluding carboxylic acids is 8. The van der Waals surface area contributed by atoms with Gasteiger partial charge in [0.05, 0.1) is 29.5 Å². The van der Waals surface area contributed by atoms with Gasteiger partial charge in [-0.05, 0) is 90.3 Å². The second-order valence-electron chi connectivity index (χ2n) is 18.9. The van der Waals surface area contributed by atoms with Crippen LogP contribution in [0.1, 0.15) is 166 Å². The SMILES string of the molecule is COC(=O)N1CCCC(c2csc(NC(=O)C(CCCCNC(=O)CCCCCCCCCCNc3cccc4c3C(=O)N(C3CCC(=O)NC3=O)C4=O)NC(=O)c3ccn(C(C)(C)C)c3)n2)C1. The number of anilines is 2. The molecule has 68 heavy (non-hydrogen) atoms. The summed E-state index contributed by atoms with van der Waals surface area (Å²) in [5.41, 5.74) is 2.13. The Labute approximate surface area is 402 Å². The zero-order valence-corrected chi connectivity index (χ0v) is 40.6. The summed E-state index contributed by atoms with van der Waals surface area (Å²) >= 11 is 1.31. The highest BCUT2D eigenvalue weighted by molar-refractivity contribution is 7.14. The number of imide groups is 2. The first-order chi connectivity index (χ1) is 32.6. The van der Waals surface area contributed by atoms with Crippen LogP contribution < -0.4 is 26.6 Å². The first-order valence-electron chi connectivity index (χ1n) is 24.1. The summed E-state index contributed by atoms with van der Waals surface area (Å²) in [6, 6.07) is 4.97. The van der Waals surface area contributed by atoms with E-state index in [1.54, 1.807) is 35.4 Å². The summed E-state index contributed by atoms with van der Waals surface area (Å²) < 4.78 is 6.86. The summed E-state index contributed by atoms with van der Waals surface area (Å²) in [6.07, 6.45) is 15.0. The molecule has 2 fully saturated rings. The third kappa shape index (κ3) is 13.8. The predicted molar refractivity (Wildman–Crippen MR) is 257 cm³/mol. The molecule has 3 aliphatic heterocycles. The molecule has 18 nitrogen and oxygen atoms in total. The third-order valence-corrected chi connectivity index (χ3v) is 13.5. The number of hydrogen-bond acceptors (Lipinski definition) is 12. The molecule has 0 aliphatic carbocycles. The minimum absolute atomic E-state index is 0.00508. The van der Waals surface area contributed by atoms with E-state index in [9.17, 15) is 38.4 Å². The Kier molecular flexibility index (Phi) is 18.3. The number of hydrogen-bond donors (Lipinski definition) is 5. The van der Waals surface area contributed by atoms with E-state index < -0.39 is 35.7 Å². The Morgan fingerprint density at radius 1 is 0.912 bits per heavy atom. The Morgan fingerprint density at radius 3 is 2.37 bits per heavy atom. The van der Waals surface area contributed by atoms with Crippen molar-refractivity contribution >= 4 is 69.6 Å². The lowest BCUT2D eigenvalue weighted by Crippen LogP contribution is -2.54. The number of likely N-dealkylation sites (tertiary alicyclic amines) is 1. The molecule has 2 saturated heterocycles.